The average Bonchev–Trinajstić information content (AvgIpc) is 2.50. The minimum absolute atomic E-state index is 0. The third kappa shape index (κ3) is 17.3. The van der Waals surface area contributed by atoms with E-state index >= 15 is 0 Å². The first-order valence-corrected chi connectivity index (χ1v) is 19.3. The fourth-order valence-corrected chi connectivity index (χ4v) is 2.07. The van der Waals surface area contributed by atoms with Gasteiger partial charge >= 0.3 is 62.4 Å². The average molecular weight is 743 g/mol. The van der Waals surface area contributed by atoms with Crippen molar-refractivity contribution in [2.24, 2.45) is 11.8 Å². The second-order valence-electron chi connectivity index (χ2n) is 4.70. The largest absolute Gasteiger partial charge is 0.662 e. The maximum Gasteiger partial charge on any atom is 0.306 e. The fourth-order valence-electron chi connectivity index (χ4n) is 2.07. The molecule has 0 atom stereocenters. The van der Waals surface area contributed by atoms with Crippen LogP contribution in [0, 0.1) is 11.8 Å². The Morgan fingerprint density at radius 1 is 0.957 bits per heavy atom. The zero-order valence-electron chi connectivity index (χ0n) is 12.2. The monoisotopic (exact) mass is 743 g/mol. The second kappa shape index (κ2) is 20.5. The fraction of sp³-hybridized carbons (Fsp3) is 0.846. The topological polar surface area (TPSA) is 101 Å². The molecular formula is C13H25I3N2O4Y-2. The molecule has 2 aliphatic rings. The predicted molar refractivity (Wildman–Crippen MR) is 101 cm³/mol. The van der Waals surface area contributed by atoms with Crippen molar-refractivity contribution in [1.29, 1.82) is 0 Å². The van der Waals surface area contributed by atoms with E-state index in [4.69, 9.17) is 10.2 Å². The summed E-state index contributed by atoms with van der Waals surface area (Å²) in [7, 11) is 0. The number of carboxylic acid groups (broad SMARTS) is 2. The summed E-state index contributed by atoms with van der Waals surface area (Å²) in [5.41, 5.74) is 0. The number of nitrogens with one attached hydrogen (secondary N) is 1. The summed E-state index contributed by atoms with van der Waals surface area (Å²) < 4.78 is 0. The molecule has 0 saturated carbocycles. The number of halogens is 3. The van der Waals surface area contributed by atoms with Gasteiger partial charge in [0, 0.05) is 32.7 Å². The van der Waals surface area contributed by atoms with Gasteiger partial charge in [-0.05, 0) is 25.9 Å². The summed E-state index contributed by atoms with van der Waals surface area (Å²) in [6.45, 7) is 3.18. The van der Waals surface area contributed by atoms with Gasteiger partial charge in [-0.3, -0.25) is 9.59 Å². The Balaban J connectivity index is -0.000000277. The molecule has 0 spiro atoms. The number of carboxylic acids is 2. The van der Waals surface area contributed by atoms with Crippen molar-refractivity contribution in [1.82, 2.24) is 5.32 Å². The molecule has 137 valence electrons. The van der Waals surface area contributed by atoms with Crippen molar-refractivity contribution in [3.8, 4) is 0 Å². The van der Waals surface area contributed by atoms with Crippen LogP contribution < -0.4 is 18.6 Å². The number of carbonyl (C=O) groups is 2. The molecule has 2 rings (SSSR count). The van der Waals surface area contributed by atoms with Gasteiger partial charge in [0.2, 0.25) is 0 Å². The molecule has 3 N–H and O–H groups in total. The number of hydrogen-bond acceptors (Lipinski definition) is 3. The summed E-state index contributed by atoms with van der Waals surface area (Å²) in [5.74, 6) is -1.52. The van der Waals surface area contributed by atoms with E-state index in [-0.39, 0.29) is 52.0 Å². The van der Waals surface area contributed by atoms with E-state index in [9.17, 15) is 9.59 Å². The molecule has 1 radical (unpaired) electrons. The quantitative estimate of drug-likeness (QED) is 0.355. The first-order valence-electron chi connectivity index (χ1n) is 6.69. The van der Waals surface area contributed by atoms with Crippen molar-refractivity contribution < 1.29 is 65.8 Å². The predicted octanol–water partition coefficient (Wildman–Crippen LogP) is 0.334. The maximum atomic E-state index is 10.3. The van der Waals surface area contributed by atoms with Crippen LogP contribution >= 0.6 is 37.2 Å². The van der Waals surface area contributed by atoms with Gasteiger partial charge in [0.15, 0.2) is 0 Å². The van der Waals surface area contributed by atoms with E-state index in [2.05, 4.69) is 47.9 Å². The Morgan fingerprint density at radius 2 is 1.30 bits per heavy atom. The van der Waals surface area contributed by atoms with Crippen molar-refractivity contribution in [3.05, 3.63) is 5.32 Å². The molecule has 0 aromatic rings. The maximum absolute atomic E-state index is 10.3. The summed E-state index contributed by atoms with van der Waals surface area (Å²) in [4.78, 5) is 20.6. The zero-order valence-corrected chi connectivity index (χ0v) is 21.5. The van der Waals surface area contributed by atoms with Gasteiger partial charge in [0.25, 0.3) is 0 Å². The van der Waals surface area contributed by atoms with Crippen LogP contribution in [0.15, 0.2) is 0 Å². The molecule has 0 bridgehead atoms. The normalized spacial score (nSPS) is 18.0. The number of hydrogen-bond donors (Lipinski definition) is 3. The van der Waals surface area contributed by atoms with Crippen LogP contribution in [0.1, 0.15) is 33.1 Å². The molecule has 0 unspecified atom stereocenters. The summed E-state index contributed by atoms with van der Waals surface area (Å²) in [5, 5.41) is 24.2. The summed E-state index contributed by atoms with van der Waals surface area (Å²) in [6, 6.07) is 0. The third-order valence-electron chi connectivity index (χ3n) is 3.31. The van der Waals surface area contributed by atoms with Crippen LogP contribution in [0.25, 0.3) is 5.32 Å². The Bertz CT molecular complexity index is 275. The van der Waals surface area contributed by atoms with Gasteiger partial charge < -0.3 is 20.8 Å². The SMILES string of the molecule is C.I[I-]I.O=C(O)C1CCNCC1.O=C(O)C1CC[N-]CC1.[Y]. The Hall–Kier alpha value is 2.15. The molecule has 2 aliphatic heterocycles. The molecule has 23 heavy (non-hydrogen) atoms. The zero-order chi connectivity index (χ0) is 16.1. The molecule has 2 fully saturated rings. The van der Waals surface area contributed by atoms with Gasteiger partial charge in [-0.1, -0.05) is 20.3 Å². The number of aliphatic carboxylic acids is 2. The van der Waals surface area contributed by atoms with Crippen LogP contribution in [0.4, 0.5) is 0 Å². The van der Waals surface area contributed by atoms with E-state index in [1.54, 1.807) is 0 Å². The number of piperidine rings is 2. The van der Waals surface area contributed by atoms with Crippen molar-refractivity contribution in [3.63, 3.8) is 0 Å². The van der Waals surface area contributed by atoms with Crippen LogP contribution in [0.5, 0.6) is 0 Å². The molecular weight excluding hydrogens is 718 g/mol. The van der Waals surface area contributed by atoms with Crippen LogP contribution in [-0.2, 0) is 42.3 Å². The van der Waals surface area contributed by atoms with E-state index in [0.29, 0.717) is 13.3 Å². The van der Waals surface area contributed by atoms with Crippen molar-refractivity contribution in [2.45, 2.75) is 33.1 Å². The van der Waals surface area contributed by atoms with Crippen molar-refractivity contribution >= 4 is 49.2 Å². The molecule has 10 heteroatoms. The van der Waals surface area contributed by atoms with Crippen molar-refractivity contribution in [2.75, 3.05) is 26.2 Å². The van der Waals surface area contributed by atoms with Crippen LogP contribution in [-0.4, -0.2) is 48.3 Å². The van der Waals surface area contributed by atoms with Crippen LogP contribution in [0.3, 0.4) is 0 Å². The van der Waals surface area contributed by atoms with Gasteiger partial charge in [-0.15, -0.1) is 13.1 Å². The minimum Gasteiger partial charge on any atom is -0.662 e. The van der Waals surface area contributed by atoms with E-state index in [0.717, 1.165) is 51.9 Å². The standard InChI is InChI=1S/C6H11NO2.C6H10NO2.CH4.I3.Y/c2*8-6(9)5-1-3-7-4-2-5;;1-3-2;/h5,7H,1-4H2,(H,8,9);5H,1-4H2,(H,8,9);1H4;;/q;-1;;-1;. The minimum atomic E-state index is -0.662. The number of rotatable bonds is 2. The smallest absolute Gasteiger partial charge is 0.306 e. The van der Waals surface area contributed by atoms with Gasteiger partial charge in [0.1, 0.15) is 0 Å². The third-order valence-corrected chi connectivity index (χ3v) is 3.31. The molecule has 0 aliphatic carbocycles. The van der Waals surface area contributed by atoms with Gasteiger partial charge in [-0.2, -0.15) is 0 Å². The summed E-state index contributed by atoms with van der Waals surface area (Å²) in [6.07, 6.45) is 3.04. The molecule has 2 saturated heterocycles. The van der Waals surface area contributed by atoms with E-state index in [1.807, 2.05) is 0 Å². The Morgan fingerprint density at radius 3 is 1.57 bits per heavy atom. The Kier molecular flexibility index (Phi) is 26.6. The number of nitrogens with zero attached hydrogens (tertiary/aromatic N) is 1. The Labute approximate surface area is 194 Å². The van der Waals surface area contributed by atoms with Gasteiger partial charge in [0.05, 0.1) is 11.8 Å². The van der Waals surface area contributed by atoms with Crippen LogP contribution in [0.2, 0.25) is 0 Å². The molecule has 0 aromatic heterocycles. The molecule has 6 nitrogen and oxygen atoms in total. The first-order chi connectivity index (χ1) is 10.0. The second-order valence-corrected chi connectivity index (χ2v) is 20.9. The molecule has 0 aromatic carbocycles. The van der Waals surface area contributed by atoms with E-state index < -0.39 is 11.9 Å². The van der Waals surface area contributed by atoms with E-state index in [1.165, 1.54) is 0 Å². The molecule has 0 amide bonds. The summed E-state index contributed by atoms with van der Waals surface area (Å²) >= 11 is 5.30. The van der Waals surface area contributed by atoms with Gasteiger partial charge in [-0.25, -0.2) is 0 Å². The molecule has 2 heterocycles. The first kappa shape index (κ1) is 29.9.